The number of ether oxygens (including phenoxy) is 1. The maximum atomic E-state index is 13.1. The number of nitrogens with one attached hydrogen (secondary N) is 1. The molecular weight excluding hydrogens is 446 g/mol. The number of quaternary nitrogens is 1. The summed E-state index contributed by atoms with van der Waals surface area (Å²) in [5.41, 5.74) is 2.51. The molecule has 1 aromatic heterocycles. The van der Waals surface area contributed by atoms with Crippen LogP contribution in [0.2, 0.25) is 0 Å². The van der Waals surface area contributed by atoms with Crippen LogP contribution >= 0.6 is 15.9 Å². The van der Waals surface area contributed by atoms with Gasteiger partial charge in [0.1, 0.15) is 23.6 Å². The number of rotatable bonds is 3. The second-order valence-corrected chi connectivity index (χ2v) is 9.05. The fraction of sp³-hybridized carbons (Fsp3) is 0.292. The van der Waals surface area contributed by atoms with Crippen molar-refractivity contribution in [3.8, 4) is 11.5 Å². The van der Waals surface area contributed by atoms with Crippen LogP contribution in [-0.4, -0.2) is 18.9 Å². The van der Waals surface area contributed by atoms with E-state index in [2.05, 4.69) is 15.9 Å². The molecule has 2 aliphatic rings. The van der Waals surface area contributed by atoms with Crippen molar-refractivity contribution >= 4 is 38.8 Å². The van der Waals surface area contributed by atoms with Crippen molar-refractivity contribution in [1.29, 1.82) is 0 Å². The molecule has 1 fully saturated rings. The second kappa shape index (κ2) is 7.60. The van der Waals surface area contributed by atoms with E-state index in [0.717, 1.165) is 28.5 Å². The van der Waals surface area contributed by atoms with E-state index in [-0.39, 0.29) is 17.3 Å². The molecule has 3 heterocycles. The maximum absolute atomic E-state index is 13.1. The molecular formula is C24H22BrNO4. The summed E-state index contributed by atoms with van der Waals surface area (Å²) in [5, 5.41) is 13.7. The minimum atomic E-state index is -0.195. The van der Waals surface area contributed by atoms with E-state index in [1.165, 1.54) is 24.2 Å². The summed E-state index contributed by atoms with van der Waals surface area (Å²) < 4.78 is 12.8. The molecule has 0 aliphatic carbocycles. The molecule has 0 radical (unpaired) electrons. The lowest BCUT2D eigenvalue weighted by molar-refractivity contribution is -0.918. The molecule has 5 rings (SSSR count). The number of hydrogen-bond donors (Lipinski definition) is 1. The first-order valence-electron chi connectivity index (χ1n) is 10.3. The largest absolute Gasteiger partial charge is 0.872 e. The van der Waals surface area contributed by atoms with Crippen LogP contribution in [0, 0.1) is 6.92 Å². The molecule has 0 atom stereocenters. The highest BCUT2D eigenvalue weighted by molar-refractivity contribution is 9.10. The Hall–Kier alpha value is -2.57. The molecule has 0 bridgehead atoms. The lowest BCUT2D eigenvalue weighted by atomic mass is 9.99. The summed E-state index contributed by atoms with van der Waals surface area (Å²) in [6, 6.07) is 9.18. The van der Waals surface area contributed by atoms with Crippen molar-refractivity contribution in [1.82, 2.24) is 0 Å². The fourth-order valence-electron chi connectivity index (χ4n) is 4.45. The molecule has 0 spiro atoms. The summed E-state index contributed by atoms with van der Waals surface area (Å²) in [7, 11) is 0. The molecule has 1 N–H and O–H groups in total. The molecule has 0 unspecified atom stereocenters. The third kappa shape index (κ3) is 3.44. The lowest BCUT2D eigenvalue weighted by Crippen LogP contribution is -3.11. The number of hydrogen-bond acceptors (Lipinski definition) is 4. The molecule has 2 aliphatic heterocycles. The Morgan fingerprint density at radius 2 is 1.97 bits per heavy atom. The van der Waals surface area contributed by atoms with Crippen LogP contribution < -0.4 is 14.7 Å². The van der Waals surface area contributed by atoms with Crippen molar-refractivity contribution in [2.75, 3.05) is 13.1 Å². The van der Waals surface area contributed by atoms with Gasteiger partial charge in [0.2, 0.25) is 5.78 Å². The van der Waals surface area contributed by atoms with E-state index >= 15 is 0 Å². The monoisotopic (exact) mass is 467 g/mol. The minimum Gasteiger partial charge on any atom is -0.872 e. The van der Waals surface area contributed by atoms with E-state index in [1.54, 1.807) is 19.1 Å². The quantitative estimate of drug-likeness (QED) is 0.595. The zero-order valence-corrected chi connectivity index (χ0v) is 18.3. The first-order valence-corrected chi connectivity index (χ1v) is 11.1. The number of Topliss-reactive ketones (excluding diaryl/α,β-unsaturated/α-hetero) is 1. The first kappa shape index (κ1) is 19.4. The highest BCUT2D eigenvalue weighted by atomic mass is 79.9. The first-order chi connectivity index (χ1) is 14.5. The van der Waals surface area contributed by atoms with E-state index in [0.29, 0.717) is 34.7 Å². The smallest absolute Gasteiger partial charge is 0.232 e. The van der Waals surface area contributed by atoms with Crippen molar-refractivity contribution in [3.05, 3.63) is 63.0 Å². The third-order valence-corrected chi connectivity index (χ3v) is 6.45. The highest BCUT2D eigenvalue weighted by Gasteiger charge is 2.33. The Bertz CT molecular complexity index is 1190. The molecule has 30 heavy (non-hydrogen) atoms. The number of furan rings is 1. The number of halogens is 1. The van der Waals surface area contributed by atoms with Gasteiger partial charge < -0.3 is 19.2 Å². The minimum absolute atomic E-state index is 0.0491. The predicted molar refractivity (Wildman–Crippen MR) is 116 cm³/mol. The number of aryl methyl sites for hydroxylation is 1. The maximum Gasteiger partial charge on any atom is 0.232 e. The second-order valence-electron chi connectivity index (χ2n) is 8.13. The molecule has 3 aromatic rings. The summed E-state index contributed by atoms with van der Waals surface area (Å²) >= 11 is 3.45. The number of ketones is 1. The van der Waals surface area contributed by atoms with Gasteiger partial charge in [-0.05, 0) is 56.0 Å². The Kier molecular flexibility index (Phi) is 4.91. The van der Waals surface area contributed by atoms with Crippen LogP contribution in [0.25, 0.3) is 17.0 Å². The van der Waals surface area contributed by atoms with Gasteiger partial charge in [0.15, 0.2) is 5.76 Å². The van der Waals surface area contributed by atoms with Gasteiger partial charge in [0.25, 0.3) is 0 Å². The van der Waals surface area contributed by atoms with Crippen LogP contribution in [-0.2, 0) is 6.54 Å². The van der Waals surface area contributed by atoms with Crippen molar-refractivity contribution in [2.24, 2.45) is 0 Å². The number of fused-ring (bicyclic) bond motifs is 2. The van der Waals surface area contributed by atoms with Gasteiger partial charge in [-0.15, -0.1) is 0 Å². The van der Waals surface area contributed by atoms with E-state index in [1.807, 2.05) is 24.3 Å². The molecule has 1 saturated heterocycles. The highest BCUT2D eigenvalue weighted by Crippen LogP contribution is 2.41. The molecule has 2 aromatic carbocycles. The molecule has 0 saturated carbocycles. The van der Waals surface area contributed by atoms with Crippen LogP contribution in [0.5, 0.6) is 11.5 Å². The SMILES string of the molecule is Cc1cc([O-])c(C[NH+]2CCCCC2)c2c1C(=O)/C(=C/c1cc3cc(Br)ccc3o1)O2. The third-order valence-electron chi connectivity index (χ3n) is 5.96. The standard InChI is InChI=1S/C24H22BrNO4/c1-14-9-19(27)18(13-26-7-3-2-4-8-26)24-22(14)23(28)21(30-24)12-17-11-15-10-16(25)5-6-20(15)29-17/h5-6,9-12,27H,2-4,7-8,13H2,1H3/b21-12-. The normalized spacial score (nSPS) is 18.2. The average Bonchev–Trinajstić information content (AvgIpc) is 3.26. The molecule has 0 amide bonds. The van der Waals surface area contributed by atoms with Gasteiger partial charge >= 0.3 is 0 Å². The van der Waals surface area contributed by atoms with Gasteiger partial charge in [-0.2, -0.15) is 0 Å². The lowest BCUT2D eigenvalue weighted by Gasteiger charge is -2.26. The molecule has 5 nitrogen and oxygen atoms in total. The van der Waals surface area contributed by atoms with Crippen LogP contribution in [0.3, 0.4) is 0 Å². The van der Waals surface area contributed by atoms with Crippen LogP contribution in [0.4, 0.5) is 0 Å². The van der Waals surface area contributed by atoms with Crippen molar-refractivity contribution < 1.29 is 24.0 Å². The number of carbonyl (C=O) groups excluding carboxylic acids is 1. The zero-order chi connectivity index (χ0) is 20.8. The van der Waals surface area contributed by atoms with Gasteiger partial charge in [0.05, 0.1) is 18.7 Å². The molecule has 6 heteroatoms. The summed E-state index contributed by atoms with van der Waals surface area (Å²) in [4.78, 5) is 14.5. The summed E-state index contributed by atoms with van der Waals surface area (Å²) in [6.07, 6.45) is 5.21. The van der Waals surface area contributed by atoms with Gasteiger partial charge in [-0.1, -0.05) is 27.7 Å². The Labute approximate surface area is 183 Å². The number of allylic oxidation sites excluding steroid dienone is 1. The van der Waals surface area contributed by atoms with Crippen molar-refractivity contribution in [2.45, 2.75) is 32.7 Å². The van der Waals surface area contributed by atoms with E-state index in [9.17, 15) is 9.90 Å². The molecule has 154 valence electrons. The number of likely N-dealkylation sites (tertiary alicyclic amines) is 1. The van der Waals surface area contributed by atoms with Crippen LogP contribution in [0.15, 0.2) is 45.0 Å². The van der Waals surface area contributed by atoms with Gasteiger partial charge in [-0.3, -0.25) is 4.79 Å². The van der Waals surface area contributed by atoms with Gasteiger partial charge in [0, 0.05) is 21.5 Å². The van der Waals surface area contributed by atoms with Crippen molar-refractivity contribution in [3.63, 3.8) is 0 Å². The Balaban J connectivity index is 1.51. The topological polar surface area (TPSA) is 66.9 Å². The van der Waals surface area contributed by atoms with Gasteiger partial charge in [-0.25, -0.2) is 0 Å². The number of piperidine rings is 1. The van der Waals surface area contributed by atoms with Crippen LogP contribution in [0.1, 0.15) is 46.5 Å². The number of benzene rings is 2. The van der Waals surface area contributed by atoms with E-state index < -0.39 is 0 Å². The number of carbonyl (C=O) groups is 1. The fourth-order valence-corrected chi connectivity index (χ4v) is 4.83. The average molecular weight is 468 g/mol. The summed E-state index contributed by atoms with van der Waals surface area (Å²) in [5.74, 6) is 0.938. The summed E-state index contributed by atoms with van der Waals surface area (Å²) in [6.45, 7) is 4.49. The van der Waals surface area contributed by atoms with E-state index in [4.69, 9.17) is 9.15 Å². The zero-order valence-electron chi connectivity index (χ0n) is 16.7. The predicted octanol–water partition coefficient (Wildman–Crippen LogP) is 3.76. The Morgan fingerprint density at radius 1 is 1.17 bits per heavy atom. The Morgan fingerprint density at radius 3 is 2.77 bits per heavy atom.